The minimum absolute atomic E-state index is 0.0177. The topological polar surface area (TPSA) is 67.8 Å². The number of carboxylic acid groups (broad SMARTS) is 1. The van der Waals surface area contributed by atoms with E-state index in [1.165, 1.54) is 0 Å². The normalized spacial score (nSPS) is 21.1. The fourth-order valence-electron chi connectivity index (χ4n) is 2.45. The van der Waals surface area contributed by atoms with Gasteiger partial charge in [0.25, 0.3) is 0 Å². The Morgan fingerprint density at radius 3 is 2.81 bits per heavy atom. The summed E-state index contributed by atoms with van der Waals surface area (Å²) in [5, 5.41) is 13.0. The molecule has 1 aromatic carbocycles. The average Bonchev–Trinajstić information content (AvgIpc) is 3.02. The highest BCUT2D eigenvalue weighted by Crippen LogP contribution is 2.24. The zero-order chi connectivity index (χ0) is 15.1. The minimum Gasteiger partial charge on any atom is -0.480 e. The van der Waals surface area contributed by atoms with E-state index in [4.69, 9.17) is 9.47 Å². The summed E-state index contributed by atoms with van der Waals surface area (Å²) in [6, 6.07) is 9.22. The van der Waals surface area contributed by atoms with Crippen LogP contribution in [0.2, 0.25) is 0 Å². The first-order chi connectivity index (χ1) is 10.2. The molecule has 0 spiro atoms. The Hall–Kier alpha value is -1.43. The van der Waals surface area contributed by atoms with E-state index in [0.29, 0.717) is 25.3 Å². The van der Waals surface area contributed by atoms with Crippen LogP contribution >= 0.6 is 0 Å². The van der Waals surface area contributed by atoms with Gasteiger partial charge in [0.15, 0.2) is 5.54 Å². The van der Waals surface area contributed by atoms with Crippen molar-refractivity contribution >= 4 is 5.97 Å². The van der Waals surface area contributed by atoms with Crippen molar-refractivity contribution in [3.05, 3.63) is 35.9 Å². The predicted octanol–water partition coefficient (Wildman–Crippen LogP) is 1.77. The quantitative estimate of drug-likeness (QED) is 0.764. The summed E-state index contributed by atoms with van der Waals surface area (Å²) in [5.74, 6) is -0.916. The third-order valence-electron chi connectivity index (χ3n) is 3.73. The standard InChI is InChI=1S/C16H23NO4/c1-2-9-17-16(15(18)19,13-6-4-3-5-7-13)12-21-14-8-10-20-11-14/h3-7,14,17H,2,8-12H2,1H3,(H,18,19). The van der Waals surface area contributed by atoms with E-state index in [1.807, 2.05) is 37.3 Å². The Morgan fingerprint density at radius 1 is 1.48 bits per heavy atom. The smallest absolute Gasteiger partial charge is 0.331 e. The van der Waals surface area contributed by atoms with Crippen LogP contribution in [0.4, 0.5) is 0 Å². The summed E-state index contributed by atoms with van der Waals surface area (Å²) in [5.41, 5.74) is -0.496. The van der Waals surface area contributed by atoms with Crippen LogP contribution in [-0.2, 0) is 19.8 Å². The lowest BCUT2D eigenvalue weighted by Crippen LogP contribution is -2.53. The summed E-state index contributed by atoms with van der Waals surface area (Å²) in [7, 11) is 0. The zero-order valence-corrected chi connectivity index (χ0v) is 12.4. The number of carbonyl (C=O) groups is 1. The molecule has 1 saturated heterocycles. The predicted molar refractivity (Wildman–Crippen MR) is 79.2 cm³/mol. The Kier molecular flexibility index (Phi) is 5.73. The van der Waals surface area contributed by atoms with E-state index < -0.39 is 11.5 Å². The van der Waals surface area contributed by atoms with Crippen LogP contribution in [0.15, 0.2) is 30.3 Å². The second-order valence-electron chi connectivity index (χ2n) is 5.30. The number of rotatable bonds is 8. The van der Waals surface area contributed by atoms with Crippen molar-refractivity contribution in [2.24, 2.45) is 0 Å². The fourth-order valence-corrected chi connectivity index (χ4v) is 2.45. The van der Waals surface area contributed by atoms with Gasteiger partial charge in [0.05, 0.1) is 19.3 Å². The summed E-state index contributed by atoms with van der Waals surface area (Å²) >= 11 is 0. The van der Waals surface area contributed by atoms with Gasteiger partial charge in [0, 0.05) is 6.61 Å². The van der Waals surface area contributed by atoms with E-state index in [0.717, 1.165) is 12.8 Å². The van der Waals surface area contributed by atoms with Crippen molar-refractivity contribution in [3.8, 4) is 0 Å². The molecule has 2 unspecified atom stereocenters. The number of hydrogen-bond donors (Lipinski definition) is 2. The van der Waals surface area contributed by atoms with E-state index in [9.17, 15) is 9.90 Å². The highest BCUT2D eigenvalue weighted by molar-refractivity contribution is 5.81. The number of hydrogen-bond acceptors (Lipinski definition) is 4. The van der Waals surface area contributed by atoms with Gasteiger partial charge >= 0.3 is 5.97 Å². The van der Waals surface area contributed by atoms with Gasteiger partial charge in [0.1, 0.15) is 0 Å². The Labute approximate surface area is 125 Å². The van der Waals surface area contributed by atoms with Gasteiger partial charge in [-0.15, -0.1) is 0 Å². The number of aliphatic carboxylic acids is 1. The molecule has 1 heterocycles. The van der Waals surface area contributed by atoms with Crippen LogP contribution in [0.5, 0.6) is 0 Å². The van der Waals surface area contributed by atoms with Gasteiger partial charge in [-0.25, -0.2) is 4.79 Å². The van der Waals surface area contributed by atoms with Crippen LogP contribution in [0.3, 0.4) is 0 Å². The molecule has 5 heteroatoms. The Balaban J connectivity index is 2.19. The SMILES string of the molecule is CCCNC(COC1CCOC1)(C(=O)O)c1ccccc1. The molecule has 21 heavy (non-hydrogen) atoms. The summed E-state index contributed by atoms with van der Waals surface area (Å²) in [4.78, 5) is 12.0. The Morgan fingerprint density at radius 2 is 2.24 bits per heavy atom. The highest BCUT2D eigenvalue weighted by atomic mass is 16.5. The molecule has 0 aliphatic carbocycles. The third-order valence-corrected chi connectivity index (χ3v) is 3.73. The molecule has 0 saturated carbocycles. The summed E-state index contributed by atoms with van der Waals surface area (Å²) < 4.78 is 11.1. The highest BCUT2D eigenvalue weighted by Gasteiger charge is 2.41. The lowest BCUT2D eigenvalue weighted by atomic mass is 9.90. The molecule has 2 rings (SSSR count). The zero-order valence-electron chi connectivity index (χ0n) is 12.4. The van der Waals surface area contributed by atoms with Gasteiger partial charge < -0.3 is 14.6 Å². The summed E-state index contributed by atoms with van der Waals surface area (Å²) in [6.45, 7) is 3.94. The average molecular weight is 293 g/mol. The van der Waals surface area contributed by atoms with Crippen LogP contribution in [0, 0.1) is 0 Å². The van der Waals surface area contributed by atoms with Gasteiger partial charge in [-0.3, -0.25) is 5.32 Å². The lowest BCUT2D eigenvalue weighted by molar-refractivity contribution is -0.149. The maximum Gasteiger partial charge on any atom is 0.331 e. The van der Waals surface area contributed by atoms with Crippen molar-refractivity contribution in [3.63, 3.8) is 0 Å². The molecule has 116 valence electrons. The van der Waals surface area contributed by atoms with E-state index in [1.54, 1.807) is 0 Å². The van der Waals surface area contributed by atoms with Gasteiger partial charge in [0.2, 0.25) is 0 Å². The molecule has 2 N–H and O–H groups in total. The van der Waals surface area contributed by atoms with Crippen molar-refractivity contribution in [1.82, 2.24) is 5.32 Å². The number of ether oxygens (including phenoxy) is 2. The molecule has 0 amide bonds. The molecule has 0 aromatic heterocycles. The molecule has 0 bridgehead atoms. The van der Waals surface area contributed by atoms with E-state index in [-0.39, 0.29) is 12.7 Å². The molecule has 1 aliphatic heterocycles. The third kappa shape index (κ3) is 3.81. The van der Waals surface area contributed by atoms with E-state index >= 15 is 0 Å². The Bertz CT molecular complexity index is 445. The van der Waals surface area contributed by atoms with Crippen LogP contribution in [0.1, 0.15) is 25.3 Å². The van der Waals surface area contributed by atoms with Crippen molar-refractivity contribution in [2.45, 2.75) is 31.4 Å². The first-order valence-electron chi connectivity index (χ1n) is 7.42. The maximum atomic E-state index is 12.0. The first kappa shape index (κ1) is 15.9. The molecule has 1 aromatic rings. The van der Waals surface area contributed by atoms with Gasteiger partial charge in [-0.1, -0.05) is 37.3 Å². The summed E-state index contributed by atoms with van der Waals surface area (Å²) in [6.07, 6.45) is 1.66. The van der Waals surface area contributed by atoms with E-state index in [2.05, 4.69) is 5.32 Å². The number of nitrogens with one attached hydrogen (secondary N) is 1. The monoisotopic (exact) mass is 293 g/mol. The van der Waals surface area contributed by atoms with Crippen LogP contribution in [-0.4, -0.2) is 43.5 Å². The maximum absolute atomic E-state index is 12.0. The molecule has 1 aliphatic rings. The van der Waals surface area contributed by atoms with Crippen molar-refractivity contribution in [1.29, 1.82) is 0 Å². The lowest BCUT2D eigenvalue weighted by Gasteiger charge is -2.32. The fraction of sp³-hybridized carbons (Fsp3) is 0.562. The van der Waals surface area contributed by atoms with Gasteiger partial charge in [-0.2, -0.15) is 0 Å². The number of benzene rings is 1. The molecule has 1 fully saturated rings. The molecular formula is C16H23NO4. The van der Waals surface area contributed by atoms with Gasteiger partial charge in [-0.05, 0) is 24.9 Å². The first-order valence-corrected chi connectivity index (χ1v) is 7.42. The van der Waals surface area contributed by atoms with Crippen LogP contribution < -0.4 is 5.32 Å². The second-order valence-corrected chi connectivity index (χ2v) is 5.30. The molecular weight excluding hydrogens is 270 g/mol. The van der Waals surface area contributed by atoms with Crippen molar-refractivity contribution < 1.29 is 19.4 Å². The van der Waals surface area contributed by atoms with Crippen molar-refractivity contribution in [2.75, 3.05) is 26.4 Å². The van der Waals surface area contributed by atoms with Crippen LogP contribution in [0.25, 0.3) is 0 Å². The largest absolute Gasteiger partial charge is 0.480 e. The molecule has 2 atom stereocenters. The minimum atomic E-state index is -1.21. The molecule has 5 nitrogen and oxygen atoms in total. The second kappa shape index (κ2) is 7.54. The number of carboxylic acids is 1. The molecule has 0 radical (unpaired) electrons.